The van der Waals surface area contributed by atoms with Crippen molar-refractivity contribution in [3.8, 4) is 5.75 Å². The van der Waals surface area contributed by atoms with E-state index in [1.807, 2.05) is 0 Å². The van der Waals surface area contributed by atoms with Crippen molar-refractivity contribution in [3.05, 3.63) is 29.3 Å². The van der Waals surface area contributed by atoms with Gasteiger partial charge in [-0.3, -0.25) is 9.89 Å². The second kappa shape index (κ2) is 13.4. The van der Waals surface area contributed by atoms with Gasteiger partial charge < -0.3 is 20.1 Å². The van der Waals surface area contributed by atoms with Crippen LogP contribution in [-0.4, -0.2) is 63.9 Å². The summed E-state index contributed by atoms with van der Waals surface area (Å²) in [5.41, 5.74) is 2.31. The second-order valence-corrected chi connectivity index (χ2v) is 6.68. The van der Waals surface area contributed by atoms with Crippen molar-refractivity contribution in [2.45, 2.75) is 46.7 Å². The lowest BCUT2D eigenvalue weighted by atomic mass is 10.1. The van der Waals surface area contributed by atoms with Crippen molar-refractivity contribution in [1.82, 2.24) is 15.5 Å². The molecular formula is C21H38N4O2. The van der Waals surface area contributed by atoms with Gasteiger partial charge in [0.15, 0.2) is 5.96 Å². The first kappa shape index (κ1) is 23.2. The number of aliphatic imine (C=N–C) groups is 1. The zero-order valence-corrected chi connectivity index (χ0v) is 18.0. The van der Waals surface area contributed by atoms with Crippen molar-refractivity contribution in [2.75, 3.05) is 47.0 Å². The summed E-state index contributed by atoms with van der Waals surface area (Å²) in [4.78, 5) is 6.76. The van der Waals surface area contributed by atoms with Crippen LogP contribution in [0.4, 0.5) is 0 Å². The summed E-state index contributed by atoms with van der Waals surface area (Å²) >= 11 is 0. The molecule has 1 unspecified atom stereocenters. The predicted molar refractivity (Wildman–Crippen MR) is 114 cm³/mol. The van der Waals surface area contributed by atoms with E-state index in [2.05, 4.69) is 66.4 Å². The third-order valence-corrected chi connectivity index (χ3v) is 4.64. The fourth-order valence-corrected chi connectivity index (χ4v) is 2.95. The fraction of sp³-hybridized carbons (Fsp3) is 0.667. The van der Waals surface area contributed by atoms with E-state index in [-0.39, 0.29) is 0 Å². The number of methoxy groups -OCH3 is 1. The van der Waals surface area contributed by atoms with Crippen LogP contribution in [0.25, 0.3) is 0 Å². The summed E-state index contributed by atoms with van der Waals surface area (Å²) in [6, 6.07) is 6.76. The molecule has 1 aromatic rings. The lowest BCUT2D eigenvalue weighted by molar-refractivity contribution is 0.171. The molecule has 0 aromatic heterocycles. The quantitative estimate of drug-likeness (QED) is 0.333. The van der Waals surface area contributed by atoms with Gasteiger partial charge in [-0.1, -0.05) is 26.0 Å². The molecule has 0 fully saturated rings. The maximum atomic E-state index is 5.96. The van der Waals surface area contributed by atoms with Crippen molar-refractivity contribution in [1.29, 1.82) is 0 Å². The Balaban J connectivity index is 2.59. The molecule has 1 rings (SSSR count). The highest BCUT2D eigenvalue weighted by Gasteiger charge is 2.11. The van der Waals surface area contributed by atoms with Crippen LogP contribution in [0.1, 0.15) is 38.3 Å². The molecule has 0 spiro atoms. The molecule has 0 aliphatic carbocycles. The molecule has 6 nitrogen and oxygen atoms in total. The van der Waals surface area contributed by atoms with Crippen LogP contribution < -0.4 is 15.4 Å². The van der Waals surface area contributed by atoms with E-state index in [9.17, 15) is 0 Å². The van der Waals surface area contributed by atoms with Gasteiger partial charge >= 0.3 is 0 Å². The summed E-state index contributed by atoms with van der Waals surface area (Å²) in [6.45, 7) is 13.7. The lowest BCUT2D eigenvalue weighted by Gasteiger charge is -2.27. The van der Waals surface area contributed by atoms with Gasteiger partial charge in [0.2, 0.25) is 0 Å². The van der Waals surface area contributed by atoms with E-state index in [0.717, 1.165) is 43.3 Å². The molecule has 2 N–H and O–H groups in total. The molecule has 0 saturated heterocycles. The number of ether oxygens (including phenoxy) is 2. The molecule has 6 heteroatoms. The molecular weight excluding hydrogens is 340 g/mol. The maximum absolute atomic E-state index is 5.96. The Bertz CT molecular complexity index is 559. The first-order chi connectivity index (χ1) is 13.0. The van der Waals surface area contributed by atoms with Crippen molar-refractivity contribution in [2.24, 2.45) is 4.99 Å². The average Bonchev–Trinajstić information content (AvgIpc) is 2.67. The van der Waals surface area contributed by atoms with Crippen molar-refractivity contribution in [3.63, 3.8) is 0 Å². The number of hydrogen-bond donors (Lipinski definition) is 2. The second-order valence-electron chi connectivity index (χ2n) is 6.68. The number of rotatable bonds is 12. The summed E-state index contributed by atoms with van der Waals surface area (Å²) in [7, 11) is 3.51. The number of likely N-dealkylation sites (N-methyl/N-ethyl adjacent to an activating group) is 1. The first-order valence-corrected chi connectivity index (χ1v) is 9.95. The first-order valence-electron chi connectivity index (χ1n) is 9.95. The Labute approximate surface area is 165 Å². The number of hydrogen-bond acceptors (Lipinski definition) is 4. The van der Waals surface area contributed by atoms with Gasteiger partial charge in [0, 0.05) is 51.9 Å². The van der Waals surface area contributed by atoms with E-state index in [0.29, 0.717) is 25.8 Å². The summed E-state index contributed by atoms with van der Waals surface area (Å²) in [5.74, 6) is 1.73. The minimum Gasteiger partial charge on any atom is -0.493 e. The van der Waals surface area contributed by atoms with E-state index >= 15 is 0 Å². The summed E-state index contributed by atoms with van der Waals surface area (Å²) in [6.07, 6.45) is 0.879. The van der Waals surface area contributed by atoms with Crippen LogP contribution in [0, 0.1) is 6.92 Å². The largest absolute Gasteiger partial charge is 0.493 e. The standard InChI is InChI=1S/C21H38N4O2/c1-7-25(8-2)18(4)15-23-21(22-5)24-16-19-11-10-17(3)14-20(19)27-13-9-12-26-6/h10-11,14,18H,7-9,12-13,15-16H2,1-6H3,(H2,22,23,24). The molecule has 0 bridgehead atoms. The Morgan fingerprint density at radius 2 is 1.93 bits per heavy atom. The molecule has 0 aliphatic heterocycles. The smallest absolute Gasteiger partial charge is 0.191 e. The third kappa shape index (κ3) is 8.63. The average molecular weight is 379 g/mol. The Morgan fingerprint density at radius 3 is 2.56 bits per heavy atom. The van der Waals surface area contributed by atoms with E-state index in [1.165, 1.54) is 5.56 Å². The number of guanidine groups is 1. The van der Waals surface area contributed by atoms with Gasteiger partial charge in [0.25, 0.3) is 0 Å². The monoisotopic (exact) mass is 378 g/mol. The van der Waals surface area contributed by atoms with Crippen LogP contribution in [0.15, 0.2) is 23.2 Å². The number of aryl methyl sites for hydroxylation is 1. The summed E-state index contributed by atoms with van der Waals surface area (Å²) in [5, 5.41) is 6.81. The number of benzene rings is 1. The highest BCUT2D eigenvalue weighted by molar-refractivity contribution is 5.79. The third-order valence-electron chi connectivity index (χ3n) is 4.64. The SMILES string of the molecule is CCN(CC)C(C)CNC(=NC)NCc1ccc(C)cc1OCCCOC. The van der Waals surface area contributed by atoms with Gasteiger partial charge in [-0.25, -0.2) is 0 Å². The van der Waals surface area contributed by atoms with Crippen LogP contribution in [0.5, 0.6) is 5.75 Å². The van der Waals surface area contributed by atoms with Gasteiger partial charge in [-0.15, -0.1) is 0 Å². The molecule has 1 aromatic carbocycles. The number of nitrogens with one attached hydrogen (secondary N) is 2. The predicted octanol–water partition coefficient (Wildman–Crippen LogP) is 2.81. The van der Waals surface area contributed by atoms with Gasteiger partial charge in [-0.05, 0) is 38.6 Å². The molecule has 0 amide bonds. The lowest BCUT2D eigenvalue weighted by Crippen LogP contribution is -2.45. The minimum absolute atomic E-state index is 0.456. The van der Waals surface area contributed by atoms with Crippen LogP contribution in [0.3, 0.4) is 0 Å². The van der Waals surface area contributed by atoms with Crippen molar-refractivity contribution < 1.29 is 9.47 Å². The molecule has 0 saturated carbocycles. The molecule has 0 radical (unpaired) electrons. The Morgan fingerprint density at radius 1 is 1.19 bits per heavy atom. The molecule has 27 heavy (non-hydrogen) atoms. The molecule has 154 valence electrons. The molecule has 1 atom stereocenters. The van der Waals surface area contributed by atoms with E-state index < -0.39 is 0 Å². The molecule has 0 aliphatic rings. The minimum atomic E-state index is 0.456. The summed E-state index contributed by atoms with van der Waals surface area (Å²) < 4.78 is 11.0. The van der Waals surface area contributed by atoms with Gasteiger partial charge in [0.05, 0.1) is 6.61 Å². The maximum Gasteiger partial charge on any atom is 0.191 e. The number of nitrogens with zero attached hydrogens (tertiary/aromatic N) is 2. The van der Waals surface area contributed by atoms with E-state index in [4.69, 9.17) is 9.47 Å². The van der Waals surface area contributed by atoms with Crippen LogP contribution >= 0.6 is 0 Å². The Kier molecular flexibility index (Phi) is 11.5. The fourth-order valence-electron chi connectivity index (χ4n) is 2.95. The highest BCUT2D eigenvalue weighted by Crippen LogP contribution is 2.20. The topological polar surface area (TPSA) is 58.1 Å². The zero-order valence-electron chi connectivity index (χ0n) is 18.0. The van der Waals surface area contributed by atoms with Crippen molar-refractivity contribution >= 4 is 5.96 Å². The zero-order chi connectivity index (χ0) is 20.1. The van der Waals surface area contributed by atoms with Gasteiger partial charge in [0.1, 0.15) is 5.75 Å². The molecule has 0 heterocycles. The Hall–Kier alpha value is -1.79. The highest BCUT2D eigenvalue weighted by atomic mass is 16.5. The van der Waals surface area contributed by atoms with E-state index in [1.54, 1.807) is 14.2 Å². The normalized spacial score (nSPS) is 12.9. The van der Waals surface area contributed by atoms with Crippen LogP contribution in [-0.2, 0) is 11.3 Å². The van der Waals surface area contributed by atoms with Gasteiger partial charge in [-0.2, -0.15) is 0 Å². The van der Waals surface area contributed by atoms with Crippen LogP contribution in [0.2, 0.25) is 0 Å².